The van der Waals surface area contributed by atoms with Crippen LogP contribution in [-0.2, 0) is 6.54 Å². The standard InChI is InChI=1S/C24H30ClN3O2/c1-17(2)14-27(15-18(3)29)16-23-19(4)26-28(21-10-8-9-20(25)13-21)24(23)30-22-11-6-5-7-12-22/h5-13,17-18,29H,14-16H2,1-4H3/t18-/m0/s1. The number of aromatic nitrogens is 2. The van der Waals surface area contributed by atoms with E-state index in [-0.39, 0.29) is 0 Å². The van der Waals surface area contributed by atoms with Crippen molar-refractivity contribution in [3.05, 3.63) is 70.9 Å². The average Bonchev–Trinajstić information content (AvgIpc) is 2.97. The first-order valence-corrected chi connectivity index (χ1v) is 10.7. The first-order valence-electron chi connectivity index (χ1n) is 10.3. The molecule has 0 fully saturated rings. The van der Waals surface area contributed by atoms with Crippen LogP contribution in [0.5, 0.6) is 11.6 Å². The molecule has 0 bridgehead atoms. The molecule has 0 saturated heterocycles. The molecule has 0 unspecified atom stereocenters. The number of aryl methyl sites for hydroxylation is 1. The van der Waals surface area contributed by atoms with Crippen molar-refractivity contribution < 1.29 is 9.84 Å². The molecule has 160 valence electrons. The molecular weight excluding hydrogens is 398 g/mol. The van der Waals surface area contributed by atoms with Gasteiger partial charge in [0, 0.05) is 24.7 Å². The van der Waals surface area contributed by atoms with E-state index in [9.17, 15) is 5.11 Å². The van der Waals surface area contributed by atoms with Gasteiger partial charge in [-0.3, -0.25) is 4.90 Å². The summed E-state index contributed by atoms with van der Waals surface area (Å²) in [6, 6.07) is 17.3. The Labute approximate surface area is 183 Å². The van der Waals surface area contributed by atoms with Gasteiger partial charge in [0.15, 0.2) is 0 Å². The van der Waals surface area contributed by atoms with Crippen LogP contribution < -0.4 is 4.74 Å². The fourth-order valence-corrected chi connectivity index (χ4v) is 3.71. The second-order valence-electron chi connectivity index (χ2n) is 8.11. The number of ether oxygens (including phenoxy) is 1. The number of para-hydroxylation sites is 1. The fourth-order valence-electron chi connectivity index (χ4n) is 3.53. The topological polar surface area (TPSA) is 50.5 Å². The van der Waals surface area contributed by atoms with E-state index < -0.39 is 6.10 Å². The highest BCUT2D eigenvalue weighted by atomic mass is 35.5. The van der Waals surface area contributed by atoms with E-state index in [4.69, 9.17) is 21.4 Å². The molecule has 0 spiro atoms. The molecule has 1 heterocycles. The molecule has 3 aromatic rings. The van der Waals surface area contributed by atoms with Crippen molar-refractivity contribution in [3.8, 4) is 17.3 Å². The fraction of sp³-hybridized carbons (Fsp3) is 0.375. The van der Waals surface area contributed by atoms with Crippen molar-refractivity contribution in [3.63, 3.8) is 0 Å². The first kappa shape index (κ1) is 22.3. The van der Waals surface area contributed by atoms with Crippen LogP contribution in [0.3, 0.4) is 0 Å². The summed E-state index contributed by atoms with van der Waals surface area (Å²) < 4.78 is 8.14. The molecule has 30 heavy (non-hydrogen) atoms. The molecule has 5 nitrogen and oxygen atoms in total. The highest BCUT2D eigenvalue weighted by Crippen LogP contribution is 2.32. The quantitative estimate of drug-likeness (QED) is 0.492. The maximum Gasteiger partial charge on any atom is 0.227 e. The van der Waals surface area contributed by atoms with Gasteiger partial charge in [-0.15, -0.1) is 0 Å². The smallest absolute Gasteiger partial charge is 0.227 e. The van der Waals surface area contributed by atoms with Gasteiger partial charge >= 0.3 is 0 Å². The van der Waals surface area contributed by atoms with Crippen LogP contribution in [0.2, 0.25) is 5.02 Å². The number of aliphatic hydroxyl groups excluding tert-OH is 1. The van der Waals surface area contributed by atoms with Gasteiger partial charge in [-0.25, -0.2) is 4.68 Å². The Morgan fingerprint density at radius 3 is 2.43 bits per heavy atom. The summed E-state index contributed by atoms with van der Waals surface area (Å²) in [5, 5.41) is 15.4. The van der Waals surface area contributed by atoms with Crippen LogP contribution >= 0.6 is 11.6 Å². The molecule has 3 rings (SSSR count). The van der Waals surface area contributed by atoms with Gasteiger partial charge < -0.3 is 9.84 Å². The van der Waals surface area contributed by atoms with E-state index >= 15 is 0 Å². The molecule has 0 amide bonds. The Hall–Kier alpha value is -2.34. The molecule has 1 aromatic heterocycles. The minimum absolute atomic E-state index is 0.412. The van der Waals surface area contributed by atoms with Gasteiger partial charge in [0.25, 0.3) is 0 Å². The highest BCUT2D eigenvalue weighted by Gasteiger charge is 2.22. The molecule has 0 aliphatic rings. The van der Waals surface area contributed by atoms with Crippen molar-refractivity contribution >= 4 is 11.6 Å². The summed E-state index contributed by atoms with van der Waals surface area (Å²) in [7, 11) is 0. The molecule has 0 aliphatic heterocycles. The number of nitrogens with zero attached hydrogens (tertiary/aromatic N) is 3. The summed E-state index contributed by atoms with van der Waals surface area (Å²) in [5.74, 6) is 1.89. The van der Waals surface area contributed by atoms with E-state index in [1.807, 2.05) is 68.4 Å². The van der Waals surface area contributed by atoms with Gasteiger partial charge in [-0.2, -0.15) is 5.10 Å². The van der Waals surface area contributed by atoms with Crippen LogP contribution in [0, 0.1) is 12.8 Å². The lowest BCUT2D eigenvalue weighted by Gasteiger charge is -2.26. The number of benzene rings is 2. The van der Waals surface area contributed by atoms with Crippen molar-refractivity contribution in [2.75, 3.05) is 13.1 Å². The third-order valence-corrected chi connectivity index (χ3v) is 4.91. The average molecular weight is 428 g/mol. The minimum Gasteiger partial charge on any atom is -0.439 e. The van der Waals surface area contributed by atoms with Gasteiger partial charge in [-0.05, 0) is 50.1 Å². The molecule has 0 radical (unpaired) electrons. The van der Waals surface area contributed by atoms with Crippen LogP contribution in [0.15, 0.2) is 54.6 Å². The summed E-state index contributed by atoms with van der Waals surface area (Å²) >= 11 is 6.23. The number of rotatable bonds is 9. The normalized spacial score (nSPS) is 12.5. The molecule has 6 heteroatoms. The Kier molecular flexibility index (Phi) is 7.53. The van der Waals surface area contributed by atoms with E-state index in [1.54, 1.807) is 4.68 Å². The van der Waals surface area contributed by atoms with E-state index in [1.165, 1.54) is 0 Å². The molecule has 0 saturated carbocycles. The van der Waals surface area contributed by atoms with Gasteiger partial charge in [0.2, 0.25) is 5.88 Å². The number of aliphatic hydroxyl groups is 1. The summed E-state index contributed by atoms with van der Waals surface area (Å²) in [4.78, 5) is 2.25. The maximum absolute atomic E-state index is 9.99. The lowest BCUT2D eigenvalue weighted by molar-refractivity contribution is 0.114. The van der Waals surface area contributed by atoms with Crippen LogP contribution in [0.1, 0.15) is 32.0 Å². The number of halogens is 1. The SMILES string of the molecule is Cc1nn(-c2cccc(Cl)c2)c(Oc2ccccc2)c1CN(CC(C)C)C[C@H](C)O. The molecule has 0 aliphatic carbocycles. The van der Waals surface area contributed by atoms with Gasteiger partial charge in [-0.1, -0.05) is 49.7 Å². The Balaban J connectivity index is 2.04. The summed E-state index contributed by atoms with van der Waals surface area (Å²) in [5.41, 5.74) is 2.73. The molecule has 1 atom stereocenters. The van der Waals surface area contributed by atoms with Gasteiger partial charge in [0.1, 0.15) is 5.75 Å². The van der Waals surface area contributed by atoms with Crippen molar-refractivity contribution in [1.29, 1.82) is 0 Å². The third kappa shape index (κ3) is 5.85. The largest absolute Gasteiger partial charge is 0.439 e. The Morgan fingerprint density at radius 1 is 1.07 bits per heavy atom. The molecular formula is C24H30ClN3O2. The molecule has 1 N–H and O–H groups in total. The zero-order valence-corrected chi connectivity index (χ0v) is 18.8. The minimum atomic E-state index is -0.412. The van der Waals surface area contributed by atoms with Crippen LogP contribution in [0.4, 0.5) is 0 Å². The second-order valence-corrected chi connectivity index (χ2v) is 8.55. The van der Waals surface area contributed by atoms with E-state index in [0.29, 0.717) is 29.9 Å². The first-order chi connectivity index (χ1) is 14.3. The predicted molar refractivity (Wildman–Crippen MR) is 122 cm³/mol. The van der Waals surface area contributed by atoms with Gasteiger partial charge in [0.05, 0.1) is 23.0 Å². The zero-order chi connectivity index (χ0) is 21.7. The summed E-state index contributed by atoms with van der Waals surface area (Å²) in [6.07, 6.45) is -0.412. The third-order valence-electron chi connectivity index (χ3n) is 4.68. The van der Waals surface area contributed by atoms with E-state index in [2.05, 4.69) is 18.7 Å². The highest BCUT2D eigenvalue weighted by molar-refractivity contribution is 6.30. The lowest BCUT2D eigenvalue weighted by atomic mass is 10.1. The van der Waals surface area contributed by atoms with E-state index in [0.717, 1.165) is 29.2 Å². The second kappa shape index (κ2) is 10.1. The number of hydrogen-bond donors (Lipinski definition) is 1. The van der Waals surface area contributed by atoms with Crippen molar-refractivity contribution in [2.24, 2.45) is 5.92 Å². The Morgan fingerprint density at radius 2 is 1.80 bits per heavy atom. The van der Waals surface area contributed by atoms with Crippen LogP contribution in [0.25, 0.3) is 5.69 Å². The van der Waals surface area contributed by atoms with Crippen molar-refractivity contribution in [2.45, 2.75) is 40.3 Å². The summed E-state index contributed by atoms with van der Waals surface area (Å²) in [6.45, 7) is 10.3. The lowest BCUT2D eigenvalue weighted by Crippen LogP contribution is -2.33. The predicted octanol–water partition coefficient (Wildman–Crippen LogP) is 5.47. The maximum atomic E-state index is 9.99. The van der Waals surface area contributed by atoms with Crippen molar-refractivity contribution in [1.82, 2.24) is 14.7 Å². The monoisotopic (exact) mass is 427 g/mol. The Bertz CT molecular complexity index is 944. The molecule has 2 aromatic carbocycles. The number of hydrogen-bond acceptors (Lipinski definition) is 4. The van der Waals surface area contributed by atoms with Crippen LogP contribution in [-0.4, -0.2) is 39.0 Å². The zero-order valence-electron chi connectivity index (χ0n) is 18.0.